The summed E-state index contributed by atoms with van der Waals surface area (Å²) in [5.41, 5.74) is 3.25. The fourth-order valence-electron chi connectivity index (χ4n) is 1.91. The fraction of sp³-hybridized carbons (Fsp3) is 0.286. The molecule has 1 unspecified atom stereocenters. The van der Waals surface area contributed by atoms with E-state index in [1.807, 2.05) is 23.6 Å². The van der Waals surface area contributed by atoms with Crippen LogP contribution in [0.3, 0.4) is 0 Å². The lowest BCUT2D eigenvalue weighted by atomic mass is 9.97. The molecule has 0 saturated carbocycles. The van der Waals surface area contributed by atoms with Crippen LogP contribution in [0.25, 0.3) is 0 Å². The number of rotatable bonds is 3. The van der Waals surface area contributed by atoms with Gasteiger partial charge in [0.15, 0.2) is 0 Å². The Morgan fingerprint density at radius 2 is 2.06 bits per heavy atom. The van der Waals surface area contributed by atoms with Crippen LogP contribution in [0.1, 0.15) is 34.6 Å². The molecular formula is C14H16OS. The second kappa shape index (κ2) is 4.81. The molecule has 0 aliphatic heterocycles. The van der Waals surface area contributed by atoms with E-state index in [0.29, 0.717) is 0 Å². The summed E-state index contributed by atoms with van der Waals surface area (Å²) in [4.78, 5) is 1.24. The SMILES string of the molecule is CCc1ccccc1C(O)c1csc(C)c1. The van der Waals surface area contributed by atoms with Gasteiger partial charge < -0.3 is 5.11 Å². The van der Waals surface area contributed by atoms with Crippen molar-refractivity contribution in [3.63, 3.8) is 0 Å². The molecule has 0 amide bonds. The van der Waals surface area contributed by atoms with Crippen LogP contribution in [0.2, 0.25) is 0 Å². The van der Waals surface area contributed by atoms with Gasteiger partial charge in [-0.2, -0.15) is 0 Å². The second-order valence-electron chi connectivity index (χ2n) is 3.95. The molecule has 1 aromatic heterocycles. The summed E-state index contributed by atoms with van der Waals surface area (Å²) in [6.07, 6.45) is 0.470. The Morgan fingerprint density at radius 3 is 2.69 bits per heavy atom. The van der Waals surface area contributed by atoms with Gasteiger partial charge in [-0.05, 0) is 41.5 Å². The highest BCUT2D eigenvalue weighted by Crippen LogP contribution is 2.28. The average molecular weight is 232 g/mol. The summed E-state index contributed by atoms with van der Waals surface area (Å²) in [6, 6.07) is 10.2. The first-order valence-electron chi connectivity index (χ1n) is 5.53. The van der Waals surface area contributed by atoms with E-state index in [1.165, 1.54) is 10.4 Å². The summed E-state index contributed by atoms with van der Waals surface area (Å²) < 4.78 is 0. The minimum absolute atomic E-state index is 0.485. The summed E-state index contributed by atoms with van der Waals surface area (Å²) >= 11 is 1.68. The zero-order valence-electron chi connectivity index (χ0n) is 9.60. The standard InChI is InChI=1S/C14H16OS/c1-3-11-6-4-5-7-13(11)14(15)12-8-10(2)16-9-12/h4-9,14-15H,3H2,1-2H3. The Bertz CT molecular complexity index is 473. The zero-order chi connectivity index (χ0) is 11.5. The van der Waals surface area contributed by atoms with E-state index in [1.54, 1.807) is 11.3 Å². The van der Waals surface area contributed by atoms with Gasteiger partial charge in [-0.3, -0.25) is 0 Å². The third kappa shape index (κ3) is 2.18. The van der Waals surface area contributed by atoms with Crippen LogP contribution in [0.5, 0.6) is 0 Å². The predicted molar refractivity (Wildman–Crippen MR) is 68.9 cm³/mol. The number of benzene rings is 1. The number of hydrogen-bond acceptors (Lipinski definition) is 2. The lowest BCUT2D eigenvalue weighted by molar-refractivity contribution is 0.219. The van der Waals surface area contributed by atoms with Crippen LogP contribution in [-0.4, -0.2) is 5.11 Å². The third-order valence-corrected chi connectivity index (χ3v) is 3.68. The molecule has 0 aliphatic carbocycles. The van der Waals surface area contributed by atoms with Crippen molar-refractivity contribution in [2.75, 3.05) is 0 Å². The Balaban J connectivity index is 2.36. The van der Waals surface area contributed by atoms with Gasteiger partial charge in [-0.1, -0.05) is 31.2 Å². The lowest BCUT2D eigenvalue weighted by Gasteiger charge is -2.13. The van der Waals surface area contributed by atoms with Crippen LogP contribution in [0.15, 0.2) is 35.7 Å². The monoisotopic (exact) mass is 232 g/mol. The number of hydrogen-bond donors (Lipinski definition) is 1. The molecule has 1 heterocycles. The highest BCUT2D eigenvalue weighted by Gasteiger charge is 2.14. The lowest BCUT2D eigenvalue weighted by Crippen LogP contribution is -2.01. The third-order valence-electron chi connectivity index (χ3n) is 2.80. The van der Waals surface area contributed by atoms with Crippen molar-refractivity contribution in [3.05, 3.63) is 57.3 Å². The maximum atomic E-state index is 10.3. The van der Waals surface area contributed by atoms with Crippen LogP contribution in [0.4, 0.5) is 0 Å². The second-order valence-corrected chi connectivity index (χ2v) is 5.06. The van der Waals surface area contributed by atoms with Crippen molar-refractivity contribution in [2.45, 2.75) is 26.4 Å². The molecule has 2 heteroatoms. The van der Waals surface area contributed by atoms with Gasteiger partial charge in [-0.25, -0.2) is 0 Å². The van der Waals surface area contributed by atoms with E-state index in [4.69, 9.17) is 0 Å². The van der Waals surface area contributed by atoms with E-state index in [-0.39, 0.29) is 0 Å². The van der Waals surface area contributed by atoms with Crippen LogP contribution in [0, 0.1) is 6.92 Å². The first-order valence-corrected chi connectivity index (χ1v) is 6.41. The maximum Gasteiger partial charge on any atom is 0.105 e. The minimum Gasteiger partial charge on any atom is -0.384 e. The average Bonchev–Trinajstić information content (AvgIpc) is 2.75. The topological polar surface area (TPSA) is 20.2 Å². The molecule has 0 spiro atoms. The molecule has 2 aromatic rings. The van der Waals surface area contributed by atoms with Crippen LogP contribution in [-0.2, 0) is 6.42 Å². The number of thiophene rings is 1. The molecule has 0 bridgehead atoms. The van der Waals surface area contributed by atoms with Gasteiger partial charge in [-0.15, -0.1) is 11.3 Å². The molecule has 0 aliphatic rings. The summed E-state index contributed by atoms with van der Waals surface area (Å²) in [6.45, 7) is 4.18. The van der Waals surface area contributed by atoms with E-state index < -0.39 is 6.10 Å². The van der Waals surface area contributed by atoms with Crippen molar-refractivity contribution < 1.29 is 5.11 Å². The Kier molecular flexibility index (Phi) is 3.42. The first kappa shape index (κ1) is 11.4. The molecule has 2 rings (SSSR count). The van der Waals surface area contributed by atoms with Crippen molar-refractivity contribution in [1.82, 2.24) is 0 Å². The molecule has 0 fully saturated rings. The molecule has 1 aromatic carbocycles. The van der Waals surface area contributed by atoms with Gasteiger partial charge in [0, 0.05) is 4.88 Å². The summed E-state index contributed by atoms with van der Waals surface area (Å²) in [7, 11) is 0. The van der Waals surface area contributed by atoms with E-state index in [9.17, 15) is 5.11 Å². The molecule has 0 radical (unpaired) electrons. The smallest absolute Gasteiger partial charge is 0.105 e. The molecule has 0 saturated heterocycles. The first-order chi connectivity index (χ1) is 7.72. The zero-order valence-corrected chi connectivity index (χ0v) is 10.4. The van der Waals surface area contributed by atoms with E-state index >= 15 is 0 Å². The molecule has 1 nitrogen and oxygen atoms in total. The highest BCUT2D eigenvalue weighted by molar-refractivity contribution is 7.10. The van der Waals surface area contributed by atoms with Gasteiger partial charge in [0.1, 0.15) is 6.10 Å². The maximum absolute atomic E-state index is 10.3. The molecular weight excluding hydrogens is 216 g/mol. The Morgan fingerprint density at radius 1 is 1.31 bits per heavy atom. The van der Waals surface area contributed by atoms with E-state index in [0.717, 1.165) is 17.5 Å². The van der Waals surface area contributed by atoms with Gasteiger partial charge in [0.2, 0.25) is 0 Å². The van der Waals surface area contributed by atoms with Crippen molar-refractivity contribution in [2.24, 2.45) is 0 Å². The van der Waals surface area contributed by atoms with E-state index in [2.05, 4.69) is 26.0 Å². The fourth-order valence-corrected chi connectivity index (χ4v) is 2.63. The summed E-state index contributed by atoms with van der Waals surface area (Å²) in [5, 5.41) is 12.4. The highest BCUT2D eigenvalue weighted by atomic mass is 32.1. The van der Waals surface area contributed by atoms with Crippen LogP contribution >= 0.6 is 11.3 Å². The Hall–Kier alpha value is -1.12. The summed E-state index contributed by atoms with van der Waals surface area (Å²) in [5.74, 6) is 0. The quantitative estimate of drug-likeness (QED) is 0.855. The minimum atomic E-state index is -0.485. The van der Waals surface area contributed by atoms with Gasteiger partial charge in [0.05, 0.1) is 0 Å². The number of aliphatic hydroxyl groups is 1. The predicted octanol–water partition coefficient (Wildman–Crippen LogP) is 3.70. The van der Waals surface area contributed by atoms with Gasteiger partial charge >= 0.3 is 0 Å². The molecule has 84 valence electrons. The normalized spacial score (nSPS) is 12.7. The molecule has 1 N–H and O–H groups in total. The van der Waals surface area contributed by atoms with Gasteiger partial charge in [0.25, 0.3) is 0 Å². The Labute approximate surface area is 100 Å². The largest absolute Gasteiger partial charge is 0.384 e. The molecule has 16 heavy (non-hydrogen) atoms. The van der Waals surface area contributed by atoms with Crippen molar-refractivity contribution in [1.29, 1.82) is 0 Å². The van der Waals surface area contributed by atoms with Crippen molar-refractivity contribution in [3.8, 4) is 0 Å². The van der Waals surface area contributed by atoms with Crippen LogP contribution < -0.4 is 0 Å². The number of aryl methyl sites for hydroxylation is 2. The van der Waals surface area contributed by atoms with Crippen molar-refractivity contribution >= 4 is 11.3 Å². The molecule has 1 atom stereocenters. The number of aliphatic hydroxyl groups excluding tert-OH is 1.